The van der Waals surface area contributed by atoms with Crippen LogP contribution in [0.25, 0.3) is 0 Å². The average Bonchev–Trinajstić information content (AvgIpc) is 2.56. The zero-order chi connectivity index (χ0) is 20.2. The predicted molar refractivity (Wildman–Crippen MR) is 109 cm³/mol. The lowest BCUT2D eigenvalue weighted by atomic mass is 9.92. The molecule has 1 aromatic rings. The third-order valence-electron chi connectivity index (χ3n) is 5.03. The van der Waals surface area contributed by atoms with Gasteiger partial charge in [0.05, 0.1) is 18.1 Å². The highest BCUT2D eigenvalue weighted by Gasteiger charge is 2.28. The number of hydrogen-bond acceptors (Lipinski definition) is 3. The molecule has 6 nitrogen and oxygen atoms in total. The maximum Gasteiger partial charge on any atom is 0.279 e. The molecule has 0 unspecified atom stereocenters. The zero-order valence-electron chi connectivity index (χ0n) is 16.6. The summed E-state index contributed by atoms with van der Waals surface area (Å²) in [6.07, 6.45) is 1.20. The molecule has 1 aromatic carbocycles. The fourth-order valence-corrected chi connectivity index (χ4v) is 5.94. The first kappa shape index (κ1) is 22.1. The number of nitrogens with zero attached hydrogens (tertiary/aromatic N) is 1. The number of carbonyl (C=O) groups is 1. The summed E-state index contributed by atoms with van der Waals surface area (Å²) in [5.74, 6) is 1.11. The van der Waals surface area contributed by atoms with Gasteiger partial charge in [-0.2, -0.15) is 4.31 Å². The molecule has 2 N–H and O–H groups in total. The number of likely N-dealkylation sites (tertiary alicyclic amines) is 1. The number of halogens is 1. The van der Waals surface area contributed by atoms with Crippen LogP contribution in [0, 0.1) is 11.8 Å². The van der Waals surface area contributed by atoms with Gasteiger partial charge in [-0.05, 0) is 24.6 Å². The van der Waals surface area contributed by atoms with Gasteiger partial charge < -0.3 is 10.2 Å². The Labute approximate surface area is 167 Å². The van der Waals surface area contributed by atoms with E-state index in [1.807, 2.05) is 0 Å². The van der Waals surface area contributed by atoms with Crippen LogP contribution in [0.4, 0.5) is 5.69 Å². The number of anilines is 1. The first-order chi connectivity index (χ1) is 12.7. The molecule has 1 aliphatic heterocycles. The molecular formula is C19H31ClN3O3S+. The van der Waals surface area contributed by atoms with Crippen molar-refractivity contribution in [3.05, 3.63) is 23.2 Å². The molecule has 1 amide bonds. The third kappa shape index (κ3) is 5.67. The minimum atomic E-state index is -3.69. The molecule has 1 heterocycles. The zero-order valence-corrected chi connectivity index (χ0v) is 18.2. The van der Waals surface area contributed by atoms with Crippen LogP contribution in [0.3, 0.4) is 0 Å². The van der Waals surface area contributed by atoms with Crippen molar-refractivity contribution in [3.8, 4) is 0 Å². The Morgan fingerprint density at radius 2 is 1.81 bits per heavy atom. The van der Waals surface area contributed by atoms with E-state index in [4.69, 9.17) is 11.6 Å². The number of carbonyl (C=O) groups excluding carboxylic acids is 1. The van der Waals surface area contributed by atoms with Gasteiger partial charge in [-0.15, -0.1) is 0 Å². The van der Waals surface area contributed by atoms with Crippen LogP contribution in [0.5, 0.6) is 0 Å². The maximum atomic E-state index is 12.8. The fourth-order valence-electron chi connectivity index (χ4n) is 3.98. The number of hydrogen-bond donors (Lipinski definition) is 2. The Hall–Kier alpha value is -1.15. The smallest absolute Gasteiger partial charge is 0.279 e. The van der Waals surface area contributed by atoms with Crippen molar-refractivity contribution in [2.75, 3.05) is 38.0 Å². The van der Waals surface area contributed by atoms with Gasteiger partial charge in [0.15, 0.2) is 6.54 Å². The molecule has 0 radical (unpaired) electrons. The van der Waals surface area contributed by atoms with E-state index >= 15 is 0 Å². The third-order valence-corrected chi connectivity index (χ3v) is 7.56. The molecule has 2 atom stereocenters. The summed E-state index contributed by atoms with van der Waals surface area (Å²) in [7, 11) is -3.69. The Kier molecular flexibility index (Phi) is 7.68. The second-order valence-electron chi connectivity index (χ2n) is 7.56. The first-order valence-electron chi connectivity index (χ1n) is 9.60. The summed E-state index contributed by atoms with van der Waals surface area (Å²) in [6.45, 7) is 11.1. The number of nitrogens with one attached hydrogen (secondary N) is 2. The molecule has 0 aromatic heterocycles. The lowest BCUT2D eigenvalue weighted by Gasteiger charge is -2.31. The largest absolute Gasteiger partial charge is 0.327 e. The summed E-state index contributed by atoms with van der Waals surface area (Å²) in [5, 5.41) is 2.99. The van der Waals surface area contributed by atoms with E-state index < -0.39 is 10.0 Å². The SMILES string of the molecule is CCN(CC)S(=O)(=O)c1cc(NC(=O)C[NH+]2C[C@@H](C)C[C@H](C)C2)ccc1Cl. The summed E-state index contributed by atoms with van der Waals surface area (Å²) >= 11 is 6.14. The van der Waals surface area contributed by atoms with E-state index in [9.17, 15) is 13.2 Å². The molecule has 0 spiro atoms. The molecule has 8 heteroatoms. The Bertz CT molecular complexity index is 755. The van der Waals surface area contributed by atoms with E-state index in [0.29, 0.717) is 37.2 Å². The highest BCUT2D eigenvalue weighted by atomic mass is 35.5. The van der Waals surface area contributed by atoms with Crippen LogP contribution < -0.4 is 10.2 Å². The first-order valence-corrected chi connectivity index (χ1v) is 11.4. The maximum absolute atomic E-state index is 12.8. The van der Waals surface area contributed by atoms with Crippen molar-refractivity contribution in [3.63, 3.8) is 0 Å². The van der Waals surface area contributed by atoms with Gasteiger partial charge >= 0.3 is 0 Å². The molecule has 152 valence electrons. The molecule has 1 fully saturated rings. The second-order valence-corrected chi connectivity index (χ2v) is 9.88. The Morgan fingerprint density at radius 1 is 1.22 bits per heavy atom. The predicted octanol–water partition coefficient (Wildman–Crippen LogP) is 1.87. The van der Waals surface area contributed by atoms with Gasteiger partial charge in [-0.25, -0.2) is 8.42 Å². The summed E-state index contributed by atoms with van der Waals surface area (Å²) < 4.78 is 26.9. The Balaban J connectivity index is 2.12. The van der Waals surface area contributed by atoms with E-state index in [-0.39, 0.29) is 15.8 Å². The van der Waals surface area contributed by atoms with Crippen LogP contribution >= 0.6 is 11.6 Å². The van der Waals surface area contributed by atoms with Gasteiger partial charge in [0.1, 0.15) is 4.90 Å². The highest BCUT2D eigenvalue weighted by molar-refractivity contribution is 7.89. The van der Waals surface area contributed by atoms with Gasteiger partial charge in [0, 0.05) is 30.6 Å². The van der Waals surface area contributed by atoms with Gasteiger partial charge in [-0.1, -0.05) is 39.3 Å². The van der Waals surface area contributed by atoms with Crippen molar-refractivity contribution < 1.29 is 18.1 Å². The fraction of sp³-hybridized carbons (Fsp3) is 0.632. The van der Waals surface area contributed by atoms with Crippen molar-refractivity contribution in [1.82, 2.24) is 4.31 Å². The normalized spacial score (nSPS) is 23.4. The van der Waals surface area contributed by atoms with Crippen LogP contribution in [-0.2, 0) is 14.8 Å². The molecule has 0 aliphatic carbocycles. The van der Waals surface area contributed by atoms with E-state index in [1.54, 1.807) is 19.9 Å². The lowest BCUT2D eigenvalue weighted by Crippen LogP contribution is -3.15. The van der Waals surface area contributed by atoms with Gasteiger partial charge in [-0.3, -0.25) is 4.79 Å². The Morgan fingerprint density at radius 3 is 2.37 bits per heavy atom. The topological polar surface area (TPSA) is 70.9 Å². The second kappa shape index (κ2) is 9.37. The van der Waals surface area contributed by atoms with Crippen LogP contribution in [0.15, 0.2) is 23.1 Å². The summed E-state index contributed by atoms with van der Waals surface area (Å²) in [5.41, 5.74) is 0.452. The highest BCUT2D eigenvalue weighted by Crippen LogP contribution is 2.27. The molecular weight excluding hydrogens is 386 g/mol. The number of piperidine rings is 1. The number of benzene rings is 1. The van der Waals surface area contributed by atoms with Gasteiger partial charge in [0.25, 0.3) is 5.91 Å². The van der Waals surface area contributed by atoms with Gasteiger partial charge in [0.2, 0.25) is 10.0 Å². The standard InChI is InChI=1S/C19H30ClN3O3S/c1-5-23(6-2)27(25,26)18-10-16(7-8-17(18)20)21-19(24)13-22-11-14(3)9-15(4)12-22/h7-8,10,14-15H,5-6,9,11-13H2,1-4H3,(H,21,24)/p+1/t14-,15-/m0/s1. The number of quaternary nitrogens is 1. The molecule has 27 heavy (non-hydrogen) atoms. The minimum Gasteiger partial charge on any atom is -0.327 e. The molecule has 2 rings (SSSR count). The quantitative estimate of drug-likeness (QED) is 0.712. The number of rotatable bonds is 7. The van der Waals surface area contributed by atoms with Crippen LogP contribution in [-0.4, -0.2) is 51.4 Å². The average molecular weight is 417 g/mol. The monoisotopic (exact) mass is 416 g/mol. The summed E-state index contributed by atoms with van der Waals surface area (Å²) in [4.78, 5) is 13.8. The van der Waals surface area contributed by atoms with Crippen LogP contribution in [0.1, 0.15) is 34.1 Å². The van der Waals surface area contributed by atoms with E-state index in [0.717, 1.165) is 13.1 Å². The van der Waals surface area contributed by atoms with Crippen molar-refractivity contribution in [2.45, 2.75) is 39.0 Å². The number of sulfonamides is 1. The molecule has 1 aliphatic rings. The molecule has 0 saturated carbocycles. The summed E-state index contributed by atoms with van der Waals surface area (Å²) in [6, 6.07) is 4.61. The molecule has 1 saturated heterocycles. The van der Waals surface area contributed by atoms with Crippen LogP contribution in [0.2, 0.25) is 5.02 Å². The lowest BCUT2D eigenvalue weighted by molar-refractivity contribution is -0.904. The van der Waals surface area contributed by atoms with Crippen molar-refractivity contribution >= 4 is 33.2 Å². The van der Waals surface area contributed by atoms with Crippen molar-refractivity contribution in [2.24, 2.45) is 11.8 Å². The van der Waals surface area contributed by atoms with E-state index in [2.05, 4.69) is 19.2 Å². The number of amides is 1. The van der Waals surface area contributed by atoms with E-state index in [1.165, 1.54) is 27.8 Å². The van der Waals surface area contributed by atoms with Crippen molar-refractivity contribution in [1.29, 1.82) is 0 Å². The molecule has 0 bridgehead atoms. The minimum absolute atomic E-state index is 0.0261.